The normalized spacial score (nSPS) is 14.7. The van der Waals surface area contributed by atoms with Gasteiger partial charge in [0.2, 0.25) is 0 Å². The van der Waals surface area contributed by atoms with E-state index in [0.29, 0.717) is 10.6 Å². The summed E-state index contributed by atoms with van der Waals surface area (Å²) in [7, 11) is -5.55. The molecule has 1 heterocycles. The topological polar surface area (TPSA) is 81.4 Å². The average Bonchev–Trinajstić information content (AvgIpc) is 2.79. The maximum Gasteiger partial charge on any atom is 0.290 e. The molecule has 0 aliphatic heterocycles. The van der Waals surface area contributed by atoms with Crippen molar-refractivity contribution in [1.82, 2.24) is 9.78 Å². The minimum atomic E-state index is -4.08. The fourth-order valence-corrected chi connectivity index (χ4v) is 5.46. The quantitative estimate of drug-likeness (QED) is 0.852. The minimum absolute atomic E-state index is 0.0477. The van der Waals surface area contributed by atoms with Crippen LogP contribution < -0.4 is 0 Å². The maximum absolute atomic E-state index is 12.6. The van der Waals surface area contributed by atoms with E-state index in [1.165, 1.54) is 35.5 Å². The van der Waals surface area contributed by atoms with Crippen molar-refractivity contribution in [3.05, 3.63) is 41.2 Å². The van der Waals surface area contributed by atoms with Crippen LogP contribution in [0.15, 0.2) is 44.2 Å². The molecule has 0 fully saturated rings. The third-order valence-corrected chi connectivity index (χ3v) is 7.27. The first-order valence-corrected chi connectivity index (χ1v) is 9.60. The van der Waals surface area contributed by atoms with Crippen LogP contribution in [0, 0.1) is 6.92 Å². The summed E-state index contributed by atoms with van der Waals surface area (Å²) in [6.45, 7) is 1.58. The predicted octanol–water partition coefficient (Wildman–Crippen LogP) is 2.23. The van der Waals surface area contributed by atoms with Gasteiger partial charge in [0.05, 0.1) is 25.7 Å². The molecule has 0 radical (unpaired) electrons. The van der Waals surface area contributed by atoms with Crippen molar-refractivity contribution in [2.75, 3.05) is 6.26 Å². The van der Waals surface area contributed by atoms with Gasteiger partial charge in [-0.1, -0.05) is 17.7 Å². The lowest BCUT2D eigenvalue weighted by atomic mass is 10.2. The number of hydrogen-bond acceptors (Lipinski definition) is 4. The van der Waals surface area contributed by atoms with Gasteiger partial charge < -0.3 is 0 Å². The van der Waals surface area contributed by atoms with E-state index < -0.39 is 19.8 Å². The molecule has 1 aromatic heterocycles. The second-order valence-corrected chi connectivity index (χ2v) is 9.03. The zero-order chi connectivity index (χ0) is 15.8. The van der Waals surface area contributed by atoms with Gasteiger partial charge in [-0.2, -0.15) is 13.5 Å². The molecule has 1 atom stereocenters. The monoisotopic (exact) mass is 347 g/mol. The minimum Gasteiger partial charge on any atom is -0.275 e. The lowest BCUT2D eigenvalue weighted by Crippen LogP contribution is -2.06. The van der Waals surface area contributed by atoms with Gasteiger partial charge in [0, 0.05) is 24.5 Å². The number of rotatable bonds is 3. The largest absolute Gasteiger partial charge is 0.290 e. The van der Waals surface area contributed by atoms with Crippen LogP contribution in [0.4, 0.5) is 0 Å². The number of benzene rings is 1. The molecule has 0 N–H and O–H groups in total. The maximum atomic E-state index is 12.6. The molecule has 0 spiro atoms. The molecule has 9 heteroatoms. The van der Waals surface area contributed by atoms with E-state index in [2.05, 4.69) is 8.87 Å². The molecule has 0 aliphatic rings. The van der Waals surface area contributed by atoms with E-state index in [1.807, 2.05) is 0 Å². The number of hydrogen-bond donors (Lipinski definition) is 0. The second-order valence-electron chi connectivity index (χ2n) is 4.56. The Kier molecular flexibility index (Phi) is 4.14. The fourth-order valence-electron chi connectivity index (χ4n) is 1.73. The van der Waals surface area contributed by atoms with E-state index in [9.17, 15) is 12.6 Å². The van der Waals surface area contributed by atoms with E-state index in [4.69, 9.17) is 11.6 Å². The zero-order valence-corrected chi connectivity index (χ0v) is 14.0. The molecule has 0 bridgehead atoms. The number of aromatic nitrogens is 2. The van der Waals surface area contributed by atoms with Gasteiger partial charge in [0.25, 0.3) is 10.0 Å². The van der Waals surface area contributed by atoms with Crippen LogP contribution in [0.1, 0.15) is 5.56 Å². The Balaban J connectivity index is 2.62. The van der Waals surface area contributed by atoms with Crippen LogP contribution in [-0.4, -0.2) is 28.7 Å². The highest BCUT2D eigenvalue weighted by Gasteiger charge is 2.21. The number of nitrogens with zero attached hydrogens (tertiary/aromatic N) is 3. The van der Waals surface area contributed by atoms with Crippen molar-refractivity contribution in [3.63, 3.8) is 0 Å². The first-order valence-electron chi connectivity index (χ1n) is 5.86. The summed E-state index contributed by atoms with van der Waals surface area (Å²) < 4.78 is 42.3. The summed E-state index contributed by atoms with van der Waals surface area (Å²) in [6.07, 6.45) is 4.08. The molecule has 114 valence electrons. The molecule has 6 nitrogen and oxygen atoms in total. The molecular formula is C12H14ClN3O3S2. The van der Waals surface area contributed by atoms with Crippen LogP contribution in [0.5, 0.6) is 0 Å². The van der Waals surface area contributed by atoms with Crippen molar-refractivity contribution in [1.29, 1.82) is 0 Å². The molecule has 0 aliphatic carbocycles. The van der Waals surface area contributed by atoms with E-state index in [0.717, 1.165) is 0 Å². The van der Waals surface area contributed by atoms with E-state index in [1.54, 1.807) is 20.0 Å². The second kappa shape index (κ2) is 5.43. The number of halogens is 1. The van der Waals surface area contributed by atoms with Crippen molar-refractivity contribution >= 4 is 31.4 Å². The SMILES string of the molecule is Cc1c(Cl)cccc1S(=O)(=O)N=S(C)(=O)c1cnn(C)c1. The van der Waals surface area contributed by atoms with Gasteiger partial charge in [0.1, 0.15) is 0 Å². The highest BCUT2D eigenvalue weighted by Crippen LogP contribution is 2.25. The van der Waals surface area contributed by atoms with Gasteiger partial charge in [-0.05, 0) is 24.6 Å². The van der Waals surface area contributed by atoms with Crippen molar-refractivity contribution < 1.29 is 12.6 Å². The Morgan fingerprint density at radius 1 is 1.29 bits per heavy atom. The summed E-state index contributed by atoms with van der Waals surface area (Å²) in [5.41, 5.74) is 0.379. The molecule has 0 saturated carbocycles. The molecule has 1 unspecified atom stereocenters. The Morgan fingerprint density at radius 3 is 2.52 bits per heavy atom. The third-order valence-electron chi connectivity index (χ3n) is 2.85. The molecule has 2 aromatic rings. The molecule has 1 aromatic carbocycles. The highest BCUT2D eigenvalue weighted by atomic mass is 35.5. The van der Waals surface area contributed by atoms with Crippen LogP contribution >= 0.6 is 11.6 Å². The van der Waals surface area contributed by atoms with Crippen molar-refractivity contribution in [2.45, 2.75) is 16.7 Å². The average molecular weight is 348 g/mol. The van der Waals surface area contributed by atoms with Gasteiger partial charge in [0.15, 0.2) is 0 Å². The standard InChI is InChI=1S/C12H14ClN3O3S2/c1-9-11(13)5-4-6-12(9)21(18,19)15-20(3,17)10-7-14-16(2)8-10/h4-8H,1-3H3. The van der Waals surface area contributed by atoms with Crippen LogP contribution in [-0.2, 0) is 26.8 Å². The Bertz CT molecular complexity index is 910. The summed E-state index contributed by atoms with van der Waals surface area (Å²) in [6, 6.07) is 4.48. The molecule has 2 rings (SSSR count). The first kappa shape index (κ1) is 16.0. The summed E-state index contributed by atoms with van der Waals surface area (Å²) in [5, 5.41) is 4.19. The van der Waals surface area contributed by atoms with Crippen molar-refractivity contribution in [2.24, 2.45) is 10.8 Å². The van der Waals surface area contributed by atoms with Gasteiger partial charge in [-0.3, -0.25) is 4.68 Å². The smallest absolute Gasteiger partial charge is 0.275 e. The van der Waals surface area contributed by atoms with Gasteiger partial charge in [-0.25, -0.2) is 4.21 Å². The van der Waals surface area contributed by atoms with Gasteiger partial charge in [-0.15, -0.1) is 3.77 Å². The van der Waals surface area contributed by atoms with Crippen LogP contribution in [0.2, 0.25) is 5.02 Å². The Morgan fingerprint density at radius 2 is 1.95 bits per heavy atom. The summed E-state index contributed by atoms with van der Waals surface area (Å²) in [5.74, 6) is 0. The highest BCUT2D eigenvalue weighted by molar-refractivity contribution is 8.03. The fraction of sp³-hybridized carbons (Fsp3) is 0.250. The molecular weight excluding hydrogens is 334 g/mol. The van der Waals surface area contributed by atoms with E-state index in [-0.39, 0.29) is 9.79 Å². The third kappa shape index (κ3) is 3.28. The predicted molar refractivity (Wildman–Crippen MR) is 81.3 cm³/mol. The molecule has 0 saturated heterocycles. The zero-order valence-electron chi connectivity index (χ0n) is 11.6. The number of sulfonamides is 1. The lowest BCUT2D eigenvalue weighted by Gasteiger charge is -2.06. The van der Waals surface area contributed by atoms with Crippen LogP contribution in [0.3, 0.4) is 0 Å². The summed E-state index contributed by atoms with van der Waals surface area (Å²) >= 11 is 5.92. The summed E-state index contributed by atoms with van der Waals surface area (Å²) in [4.78, 5) is 0.210. The lowest BCUT2D eigenvalue weighted by molar-refractivity contribution is 0.597. The van der Waals surface area contributed by atoms with Gasteiger partial charge >= 0.3 is 0 Å². The number of aryl methyl sites for hydroxylation is 1. The van der Waals surface area contributed by atoms with Crippen molar-refractivity contribution in [3.8, 4) is 0 Å². The molecule has 21 heavy (non-hydrogen) atoms. The Labute approximate surface area is 129 Å². The first-order chi connectivity index (χ1) is 9.63. The van der Waals surface area contributed by atoms with E-state index >= 15 is 0 Å². The Hall–Kier alpha value is -1.38. The molecule has 0 amide bonds. The van der Waals surface area contributed by atoms with Crippen LogP contribution in [0.25, 0.3) is 0 Å².